The molecule has 1 amide bonds. The zero-order valence-corrected chi connectivity index (χ0v) is 16.0. The largest absolute Gasteiger partial charge is 0.507 e. The van der Waals surface area contributed by atoms with Gasteiger partial charge in [-0.2, -0.15) is 0 Å². The molecule has 2 aliphatic rings. The minimum absolute atomic E-state index is 0.0305. The Morgan fingerprint density at radius 1 is 1.16 bits per heavy atom. The summed E-state index contributed by atoms with van der Waals surface area (Å²) < 4.78 is 0. The Morgan fingerprint density at radius 3 is 2.44 bits per heavy atom. The standard InChI is InChI=1S/C21H32N2O2/c1-14(2)17-9-10-19(20(24)12-17)21(25)22-11-5-6-18(13-22)23-15(3)7-8-16(23)4/h9-10,12,14-16,18,24H,5-8,11,13H2,1-4H3/t15-,16-,18-/m0/s1. The average Bonchev–Trinajstić information content (AvgIpc) is 2.93. The number of phenolic OH excluding ortho intramolecular Hbond substituents is 1. The molecule has 1 aromatic carbocycles. The van der Waals surface area contributed by atoms with Gasteiger partial charge >= 0.3 is 0 Å². The first kappa shape index (κ1) is 18.2. The van der Waals surface area contributed by atoms with Gasteiger partial charge in [0.15, 0.2) is 0 Å². The summed E-state index contributed by atoms with van der Waals surface area (Å²) in [5, 5.41) is 10.3. The van der Waals surface area contributed by atoms with E-state index in [0.717, 1.165) is 31.5 Å². The number of amides is 1. The second-order valence-corrected chi connectivity index (χ2v) is 8.20. The number of hydrogen-bond acceptors (Lipinski definition) is 3. The third kappa shape index (κ3) is 3.69. The molecule has 0 saturated carbocycles. The van der Waals surface area contributed by atoms with Crippen LogP contribution in [0.5, 0.6) is 5.75 Å². The van der Waals surface area contributed by atoms with E-state index in [1.807, 2.05) is 11.0 Å². The number of carbonyl (C=O) groups is 1. The lowest BCUT2D eigenvalue weighted by atomic mass is 9.98. The van der Waals surface area contributed by atoms with E-state index in [9.17, 15) is 9.90 Å². The molecule has 4 heteroatoms. The highest BCUT2D eigenvalue weighted by Gasteiger charge is 2.36. The molecule has 138 valence electrons. The van der Waals surface area contributed by atoms with E-state index in [1.165, 1.54) is 12.8 Å². The van der Waals surface area contributed by atoms with E-state index in [0.29, 0.717) is 29.6 Å². The van der Waals surface area contributed by atoms with Gasteiger partial charge < -0.3 is 10.0 Å². The number of aromatic hydroxyl groups is 1. The normalized spacial score (nSPS) is 27.9. The van der Waals surface area contributed by atoms with Gasteiger partial charge in [-0.05, 0) is 63.1 Å². The van der Waals surface area contributed by atoms with Crippen LogP contribution >= 0.6 is 0 Å². The molecule has 2 aliphatic heterocycles. The maximum Gasteiger partial charge on any atom is 0.257 e. The van der Waals surface area contributed by atoms with Gasteiger partial charge in [0, 0.05) is 31.2 Å². The van der Waals surface area contributed by atoms with Crippen LogP contribution in [0.1, 0.15) is 75.2 Å². The fraction of sp³-hybridized carbons (Fsp3) is 0.667. The molecular formula is C21H32N2O2. The van der Waals surface area contributed by atoms with E-state index in [1.54, 1.807) is 12.1 Å². The van der Waals surface area contributed by atoms with E-state index < -0.39 is 0 Å². The summed E-state index contributed by atoms with van der Waals surface area (Å²) >= 11 is 0. The first-order valence-corrected chi connectivity index (χ1v) is 9.78. The van der Waals surface area contributed by atoms with Crippen molar-refractivity contribution >= 4 is 5.91 Å². The van der Waals surface area contributed by atoms with E-state index in [4.69, 9.17) is 0 Å². The van der Waals surface area contributed by atoms with Crippen molar-refractivity contribution in [3.63, 3.8) is 0 Å². The zero-order valence-electron chi connectivity index (χ0n) is 16.0. The quantitative estimate of drug-likeness (QED) is 0.901. The van der Waals surface area contributed by atoms with Crippen molar-refractivity contribution in [3.8, 4) is 5.75 Å². The summed E-state index contributed by atoms with van der Waals surface area (Å²) in [4.78, 5) is 17.5. The Balaban J connectivity index is 1.74. The first-order valence-electron chi connectivity index (χ1n) is 9.78. The molecule has 25 heavy (non-hydrogen) atoms. The van der Waals surface area contributed by atoms with E-state index >= 15 is 0 Å². The Bertz CT molecular complexity index is 618. The number of phenols is 1. The second kappa shape index (κ2) is 7.36. The summed E-state index contributed by atoms with van der Waals surface area (Å²) in [5.41, 5.74) is 1.50. The molecule has 0 spiro atoms. The Morgan fingerprint density at radius 2 is 1.84 bits per heavy atom. The van der Waals surface area contributed by atoms with Crippen molar-refractivity contribution < 1.29 is 9.90 Å². The summed E-state index contributed by atoms with van der Waals surface area (Å²) in [6.45, 7) is 10.4. The van der Waals surface area contributed by atoms with Crippen LogP contribution in [0, 0.1) is 0 Å². The molecule has 0 aromatic heterocycles. The van der Waals surface area contributed by atoms with Gasteiger partial charge in [0.05, 0.1) is 5.56 Å². The van der Waals surface area contributed by atoms with Gasteiger partial charge in [-0.25, -0.2) is 0 Å². The van der Waals surface area contributed by atoms with Crippen molar-refractivity contribution in [2.45, 2.75) is 77.4 Å². The maximum atomic E-state index is 13.0. The molecular weight excluding hydrogens is 312 g/mol. The Kier molecular flexibility index (Phi) is 5.38. The number of carbonyl (C=O) groups excluding carboxylic acids is 1. The number of likely N-dealkylation sites (tertiary alicyclic amines) is 2. The number of rotatable bonds is 3. The van der Waals surface area contributed by atoms with Crippen LogP contribution in [-0.4, -0.2) is 52.0 Å². The van der Waals surface area contributed by atoms with Crippen LogP contribution in [0.2, 0.25) is 0 Å². The Hall–Kier alpha value is -1.55. The van der Waals surface area contributed by atoms with Crippen molar-refractivity contribution in [2.24, 2.45) is 0 Å². The van der Waals surface area contributed by atoms with Gasteiger partial charge in [-0.15, -0.1) is 0 Å². The highest BCUT2D eigenvalue weighted by molar-refractivity contribution is 5.97. The van der Waals surface area contributed by atoms with Crippen molar-refractivity contribution in [3.05, 3.63) is 29.3 Å². The lowest BCUT2D eigenvalue weighted by Crippen LogP contribution is -2.52. The van der Waals surface area contributed by atoms with E-state index in [2.05, 4.69) is 32.6 Å². The fourth-order valence-electron chi connectivity index (χ4n) is 4.58. The summed E-state index contributed by atoms with van der Waals surface area (Å²) in [7, 11) is 0. The number of benzene rings is 1. The molecule has 0 aliphatic carbocycles. The second-order valence-electron chi connectivity index (χ2n) is 8.20. The van der Waals surface area contributed by atoms with Crippen LogP contribution in [0.3, 0.4) is 0 Å². The maximum absolute atomic E-state index is 13.0. The molecule has 2 fully saturated rings. The molecule has 3 rings (SSSR count). The van der Waals surface area contributed by atoms with Gasteiger partial charge in [-0.3, -0.25) is 9.69 Å². The minimum atomic E-state index is -0.0305. The third-order valence-electron chi connectivity index (χ3n) is 6.04. The average molecular weight is 344 g/mol. The highest BCUT2D eigenvalue weighted by atomic mass is 16.3. The van der Waals surface area contributed by atoms with Crippen molar-refractivity contribution in [2.75, 3.05) is 13.1 Å². The molecule has 1 aromatic rings. The number of hydrogen-bond donors (Lipinski definition) is 1. The molecule has 0 unspecified atom stereocenters. The predicted molar refractivity (Wildman–Crippen MR) is 101 cm³/mol. The molecule has 3 atom stereocenters. The summed E-state index contributed by atoms with van der Waals surface area (Å²) in [6.07, 6.45) is 4.71. The molecule has 0 radical (unpaired) electrons. The SMILES string of the molecule is CC(C)c1ccc(C(=O)N2CCC[C@H](N3[C@@H](C)CC[C@@H]3C)C2)c(O)c1. The highest BCUT2D eigenvalue weighted by Crippen LogP contribution is 2.31. The van der Waals surface area contributed by atoms with Crippen LogP contribution in [0.4, 0.5) is 0 Å². The van der Waals surface area contributed by atoms with Crippen molar-refractivity contribution in [1.82, 2.24) is 9.80 Å². The lowest BCUT2D eigenvalue weighted by Gasteiger charge is -2.41. The zero-order chi connectivity index (χ0) is 18.1. The molecule has 2 heterocycles. The van der Waals surface area contributed by atoms with Crippen LogP contribution in [0.25, 0.3) is 0 Å². The fourth-order valence-corrected chi connectivity index (χ4v) is 4.58. The number of piperidine rings is 1. The molecule has 0 bridgehead atoms. The topological polar surface area (TPSA) is 43.8 Å². The number of nitrogens with zero attached hydrogens (tertiary/aromatic N) is 2. The smallest absolute Gasteiger partial charge is 0.257 e. The van der Waals surface area contributed by atoms with Gasteiger partial charge in [0.1, 0.15) is 5.75 Å². The third-order valence-corrected chi connectivity index (χ3v) is 6.04. The van der Waals surface area contributed by atoms with Gasteiger partial charge in [0.2, 0.25) is 0 Å². The van der Waals surface area contributed by atoms with Crippen LogP contribution in [-0.2, 0) is 0 Å². The first-order chi connectivity index (χ1) is 11.9. The minimum Gasteiger partial charge on any atom is -0.507 e. The summed E-state index contributed by atoms with van der Waals surface area (Å²) in [6, 6.07) is 7.15. The van der Waals surface area contributed by atoms with Gasteiger partial charge in [-0.1, -0.05) is 19.9 Å². The molecule has 1 N–H and O–H groups in total. The van der Waals surface area contributed by atoms with E-state index in [-0.39, 0.29) is 11.7 Å². The summed E-state index contributed by atoms with van der Waals surface area (Å²) in [5.74, 6) is 0.422. The monoisotopic (exact) mass is 344 g/mol. The van der Waals surface area contributed by atoms with Crippen LogP contribution in [0.15, 0.2) is 18.2 Å². The van der Waals surface area contributed by atoms with Crippen LogP contribution < -0.4 is 0 Å². The lowest BCUT2D eigenvalue weighted by molar-refractivity contribution is 0.0484. The van der Waals surface area contributed by atoms with Crippen molar-refractivity contribution in [1.29, 1.82) is 0 Å². The molecule has 4 nitrogen and oxygen atoms in total. The Labute approximate surface area is 151 Å². The molecule has 2 saturated heterocycles. The van der Waals surface area contributed by atoms with Gasteiger partial charge in [0.25, 0.3) is 5.91 Å². The predicted octanol–water partition coefficient (Wildman–Crippen LogP) is 3.99.